The molecule has 18 heavy (non-hydrogen) atoms. The van der Waals surface area contributed by atoms with Gasteiger partial charge in [0.05, 0.1) is 17.3 Å². The highest BCUT2D eigenvalue weighted by atomic mass is 16.4. The van der Waals surface area contributed by atoms with Crippen LogP contribution in [0.4, 0.5) is 0 Å². The van der Waals surface area contributed by atoms with Crippen LogP contribution in [-0.4, -0.2) is 21.3 Å². The lowest BCUT2D eigenvalue weighted by molar-refractivity contribution is 0.0697. The van der Waals surface area contributed by atoms with Gasteiger partial charge in [-0.05, 0) is 29.3 Å². The molecule has 0 radical (unpaired) electrons. The number of hydrogen-bond acceptors (Lipinski definition) is 2. The third kappa shape index (κ3) is 1.73. The average Bonchev–Trinajstić information content (AvgIpc) is 2.86. The van der Waals surface area contributed by atoms with Gasteiger partial charge in [0.25, 0.3) is 0 Å². The number of rotatable bonds is 2. The van der Waals surface area contributed by atoms with Crippen LogP contribution < -0.4 is 0 Å². The number of carboxylic acids is 1. The molecule has 1 heterocycles. The van der Waals surface area contributed by atoms with Crippen molar-refractivity contribution in [3.05, 3.63) is 54.2 Å². The van der Waals surface area contributed by atoms with E-state index < -0.39 is 5.97 Å². The number of benzene rings is 2. The molecule has 0 spiro atoms. The van der Waals surface area contributed by atoms with Gasteiger partial charge in [0, 0.05) is 5.39 Å². The van der Waals surface area contributed by atoms with Crippen molar-refractivity contribution in [3.63, 3.8) is 0 Å². The molecule has 88 valence electrons. The Bertz CT molecular complexity index is 714. The second kappa shape index (κ2) is 4.00. The third-order valence-electron chi connectivity index (χ3n) is 2.91. The van der Waals surface area contributed by atoms with E-state index in [1.807, 2.05) is 18.2 Å². The number of fused-ring (bicyclic) bond motifs is 1. The van der Waals surface area contributed by atoms with Crippen molar-refractivity contribution < 1.29 is 9.90 Å². The predicted molar refractivity (Wildman–Crippen MR) is 68.5 cm³/mol. The second-order valence-corrected chi connectivity index (χ2v) is 4.05. The predicted octanol–water partition coefficient (Wildman–Crippen LogP) is 2.93. The lowest BCUT2D eigenvalue weighted by atomic mass is 10.0. The summed E-state index contributed by atoms with van der Waals surface area (Å²) in [4.78, 5) is 10.8. The molecule has 4 heteroatoms. The molecule has 0 aliphatic carbocycles. The monoisotopic (exact) mass is 238 g/mol. The van der Waals surface area contributed by atoms with Crippen LogP contribution in [0.3, 0.4) is 0 Å². The molecule has 2 aromatic carbocycles. The van der Waals surface area contributed by atoms with Crippen LogP contribution >= 0.6 is 0 Å². The zero-order chi connectivity index (χ0) is 12.5. The van der Waals surface area contributed by atoms with Crippen LogP contribution in [0.5, 0.6) is 0 Å². The van der Waals surface area contributed by atoms with E-state index >= 15 is 0 Å². The Morgan fingerprint density at radius 2 is 1.78 bits per heavy atom. The molecule has 0 fully saturated rings. The van der Waals surface area contributed by atoms with E-state index in [2.05, 4.69) is 10.2 Å². The fraction of sp³-hybridized carbons (Fsp3) is 0. The Kier molecular flexibility index (Phi) is 2.34. The first-order chi connectivity index (χ1) is 8.74. The zero-order valence-electron chi connectivity index (χ0n) is 9.42. The third-order valence-corrected chi connectivity index (χ3v) is 2.91. The van der Waals surface area contributed by atoms with Crippen molar-refractivity contribution in [1.29, 1.82) is 0 Å². The van der Waals surface area contributed by atoms with Crippen molar-refractivity contribution in [2.24, 2.45) is 0 Å². The summed E-state index contributed by atoms with van der Waals surface area (Å²) < 4.78 is 0. The Morgan fingerprint density at radius 1 is 1.06 bits per heavy atom. The summed E-state index contributed by atoms with van der Waals surface area (Å²) in [6.45, 7) is 0. The summed E-state index contributed by atoms with van der Waals surface area (Å²) in [5.74, 6) is -0.912. The zero-order valence-corrected chi connectivity index (χ0v) is 9.42. The average molecular weight is 238 g/mol. The van der Waals surface area contributed by atoms with Crippen molar-refractivity contribution in [1.82, 2.24) is 10.2 Å². The molecule has 2 N–H and O–H groups in total. The van der Waals surface area contributed by atoms with E-state index in [1.165, 1.54) is 0 Å². The number of carbonyl (C=O) groups is 1. The first-order valence-corrected chi connectivity index (χ1v) is 5.51. The summed E-state index contributed by atoms with van der Waals surface area (Å²) in [5, 5.41) is 16.8. The van der Waals surface area contributed by atoms with E-state index in [0.29, 0.717) is 5.56 Å². The molecule has 0 atom stereocenters. The molecule has 0 aliphatic heterocycles. The number of nitrogens with zero attached hydrogens (tertiary/aromatic N) is 1. The minimum Gasteiger partial charge on any atom is -0.478 e. The molecule has 0 saturated carbocycles. The topological polar surface area (TPSA) is 66.0 Å². The van der Waals surface area contributed by atoms with E-state index in [0.717, 1.165) is 22.0 Å². The summed E-state index contributed by atoms with van der Waals surface area (Å²) in [6, 6.07) is 12.8. The van der Waals surface area contributed by atoms with Crippen LogP contribution in [0.15, 0.2) is 48.7 Å². The van der Waals surface area contributed by atoms with Crippen LogP contribution in [0.1, 0.15) is 10.4 Å². The molecule has 0 saturated heterocycles. The molecule has 0 aliphatic rings. The van der Waals surface area contributed by atoms with Gasteiger partial charge >= 0.3 is 5.97 Å². The normalized spacial score (nSPS) is 10.7. The Hall–Kier alpha value is -2.62. The van der Waals surface area contributed by atoms with Gasteiger partial charge in [-0.25, -0.2) is 4.79 Å². The second-order valence-electron chi connectivity index (χ2n) is 4.05. The van der Waals surface area contributed by atoms with Crippen LogP contribution in [0.25, 0.3) is 22.0 Å². The van der Waals surface area contributed by atoms with E-state index in [9.17, 15) is 4.79 Å². The summed E-state index contributed by atoms with van der Waals surface area (Å²) in [6.07, 6.45) is 1.77. The number of carboxylic acid groups (broad SMARTS) is 1. The van der Waals surface area contributed by atoms with Gasteiger partial charge in [-0.1, -0.05) is 24.3 Å². The minimum absolute atomic E-state index is 0.293. The fourth-order valence-electron chi connectivity index (χ4n) is 1.92. The van der Waals surface area contributed by atoms with Gasteiger partial charge in [-0.2, -0.15) is 5.10 Å². The van der Waals surface area contributed by atoms with Gasteiger partial charge < -0.3 is 5.11 Å². The maximum atomic E-state index is 10.8. The number of nitrogens with one attached hydrogen (secondary N) is 1. The van der Waals surface area contributed by atoms with Crippen molar-refractivity contribution in [2.45, 2.75) is 0 Å². The van der Waals surface area contributed by atoms with Crippen LogP contribution in [0.2, 0.25) is 0 Å². The smallest absolute Gasteiger partial charge is 0.335 e. The highest BCUT2D eigenvalue weighted by Gasteiger charge is 2.04. The first kappa shape index (κ1) is 10.5. The largest absolute Gasteiger partial charge is 0.478 e. The quantitative estimate of drug-likeness (QED) is 0.721. The van der Waals surface area contributed by atoms with E-state index in [-0.39, 0.29) is 0 Å². The Balaban J connectivity index is 2.05. The van der Waals surface area contributed by atoms with Crippen molar-refractivity contribution >= 4 is 16.9 Å². The molecular weight excluding hydrogens is 228 g/mol. The molecule has 3 aromatic rings. The van der Waals surface area contributed by atoms with Crippen molar-refractivity contribution in [2.75, 3.05) is 0 Å². The van der Waals surface area contributed by atoms with Gasteiger partial charge in [-0.15, -0.1) is 0 Å². The first-order valence-electron chi connectivity index (χ1n) is 5.51. The van der Waals surface area contributed by atoms with Gasteiger partial charge in [0.1, 0.15) is 0 Å². The molecule has 3 rings (SSSR count). The molecule has 0 unspecified atom stereocenters. The number of aromatic nitrogens is 2. The molecular formula is C14H10N2O2. The SMILES string of the molecule is O=C(O)c1ccc(-c2ccc3cn[nH]c3c2)cc1. The number of hydrogen-bond donors (Lipinski definition) is 2. The number of aromatic amines is 1. The minimum atomic E-state index is -0.912. The lowest BCUT2D eigenvalue weighted by Crippen LogP contribution is -1.94. The summed E-state index contributed by atoms with van der Waals surface area (Å²) in [5.41, 5.74) is 3.27. The Labute approximate surface area is 103 Å². The Morgan fingerprint density at radius 3 is 2.50 bits per heavy atom. The van der Waals surface area contributed by atoms with Gasteiger partial charge in [0.2, 0.25) is 0 Å². The number of aromatic carboxylic acids is 1. The standard InChI is InChI=1S/C14H10N2O2/c17-14(18)10-3-1-9(2-4-10)11-5-6-12-8-15-16-13(12)7-11/h1-8H,(H,15,16)(H,17,18). The van der Waals surface area contributed by atoms with Gasteiger partial charge in [-0.3, -0.25) is 5.10 Å². The van der Waals surface area contributed by atoms with Crippen molar-refractivity contribution in [3.8, 4) is 11.1 Å². The molecule has 1 aromatic heterocycles. The number of H-pyrrole nitrogens is 1. The summed E-state index contributed by atoms with van der Waals surface area (Å²) >= 11 is 0. The van der Waals surface area contributed by atoms with E-state index in [4.69, 9.17) is 5.11 Å². The maximum absolute atomic E-state index is 10.8. The fourth-order valence-corrected chi connectivity index (χ4v) is 1.92. The highest BCUT2D eigenvalue weighted by molar-refractivity contribution is 5.89. The summed E-state index contributed by atoms with van der Waals surface area (Å²) in [7, 11) is 0. The lowest BCUT2D eigenvalue weighted by Gasteiger charge is -2.02. The molecule has 0 amide bonds. The maximum Gasteiger partial charge on any atom is 0.335 e. The highest BCUT2D eigenvalue weighted by Crippen LogP contribution is 2.23. The van der Waals surface area contributed by atoms with Crippen LogP contribution in [-0.2, 0) is 0 Å². The van der Waals surface area contributed by atoms with Crippen LogP contribution in [0, 0.1) is 0 Å². The van der Waals surface area contributed by atoms with E-state index in [1.54, 1.807) is 30.5 Å². The molecule has 4 nitrogen and oxygen atoms in total. The van der Waals surface area contributed by atoms with Gasteiger partial charge in [0.15, 0.2) is 0 Å². The molecule has 0 bridgehead atoms.